The molecule has 0 aromatic heterocycles. The van der Waals surface area contributed by atoms with Crippen LogP contribution in [0.4, 0.5) is 13.2 Å². The van der Waals surface area contributed by atoms with E-state index in [-0.39, 0.29) is 6.04 Å². The maximum absolute atomic E-state index is 12.7. The topological polar surface area (TPSA) is 15.3 Å². The molecule has 5 heteroatoms. The zero-order valence-electron chi connectivity index (χ0n) is 13.1. The molecule has 20 heavy (non-hydrogen) atoms. The second-order valence-electron chi connectivity index (χ2n) is 6.38. The smallest absolute Gasteiger partial charge is 0.317 e. The molecule has 2 nitrogen and oxygen atoms in total. The second kappa shape index (κ2) is 7.64. The van der Waals surface area contributed by atoms with Crippen LogP contribution in [0, 0.1) is 11.8 Å². The first-order valence-electron chi connectivity index (χ1n) is 7.74. The molecule has 0 aliphatic heterocycles. The Labute approximate surface area is 121 Å². The SMILES string of the molecule is CCC1CCC(NC)C(CN(CC(F)(F)F)C(C)C)C1. The van der Waals surface area contributed by atoms with E-state index in [1.807, 2.05) is 20.9 Å². The molecule has 1 fully saturated rings. The summed E-state index contributed by atoms with van der Waals surface area (Å²) in [7, 11) is 1.92. The van der Waals surface area contributed by atoms with Crippen LogP contribution in [0.3, 0.4) is 0 Å². The zero-order chi connectivity index (χ0) is 15.3. The van der Waals surface area contributed by atoms with Gasteiger partial charge in [0.1, 0.15) is 0 Å². The Balaban J connectivity index is 2.68. The van der Waals surface area contributed by atoms with Crippen LogP contribution >= 0.6 is 0 Å². The molecule has 1 aliphatic carbocycles. The highest BCUT2D eigenvalue weighted by Gasteiger charge is 2.35. The summed E-state index contributed by atoms with van der Waals surface area (Å²) in [5.74, 6) is 0.993. The predicted octanol–water partition coefficient (Wildman–Crippen LogP) is 3.67. The van der Waals surface area contributed by atoms with E-state index in [0.717, 1.165) is 19.3 Å². The number of alkyl halides is 3. The lowest BCUT2D eigenvalue weighted by Crippen LogP contribution is -2.48. The van der Waals surface area contributed by atoms with Crippen molar-refractivity contribution in [3.8, 4) is 0 Å². The molecule has 3 unspecified atom stereocenters. The van der Waals surface area contributed by atoms with E-state index in [1.165, 1.54) is 6.42 Å². The lowest BCUT2D eigenvalue weighted by Gasteiger charge is -2.40. The van der Waals surface area contributed by atoms with Crippen molar-refractivity contribution in [1.82, 2.24) is 10.2 Å². The highest BCUT2D eigenvalue weighted by Crippen LogP contribution is 2.32. The maximum atomic E-state index is 12.7. The Kier molecular flexibility index (Phi) is 6.79. The number of halogens is 3. The van der Waals surface area contributed by atoms with Gasteiger partial charge in [0.05, 0.1) is 6.54 Å². The van der Waals surface area contributed by atoms with Gasteiger partial charge < -0.3 is 5.32 Å². The standard InChI is InChI=1S/C15H29F3N2/c1-5-12-6-7-14(19-4)13(8-12)9-20(11(2)3)10-15(16,17)18/h11-14,19H,5-10H2,1-4H3. The minimum atomic E-state index is -4.11. The van der Waals surface area contributed by atoms with Crippen LogP contribution < -0.4 is 5.32 Å². The number of hydrogen-bond acceptors (Lipinski definition) is 2. The molecule has 1 N–H and O–H groups in total. The number of hydrogen-bond donors (Lipinski definition) is 1. The van der Waals surface area contributed by atoms with Crippen molar-refractivity contribution in [2.75, 3.05) is 20.1 Å². The van der Waals surface area contributed by atoms with Crippen molar-refractivity contribution in [3.63, 3.8) is 0 Å². The molecule has 0 amide bonds. The van der Waals surface area contributed by atoms with Gasteiger partial charge in [0.2, 0.25) is 0 Å². The Morgan fingerprint density at radius 3 is 2.35 bits per heavy atom. The summed E-state index contributed by atoms with van der Waals surface area (Å²) in [5, 5.41) is 3.30. The average molecular weight is 294 g/mol. The van der Waals surface area contributed by atoms with Gasteiger partial charge in [-0.1, -0.05) is 13.3 Å². The molecule has 1 saturated carbocycles. The van der Waals surface area contributed by atoms with E-state index in [4.69, 9.17) is 0 Å². The second-order valence-corrected chi connectivity index (χ2v) is 6.38. The number of rotatable bonds is 6. The van der Waals surface area contributed by atoms with E-state index in [9.17, 15) is 13.2 Å². The lowest BCUT2D eigenvalue weighted by atomic mass is 9.76. The van der Waals surface area contributed by atoms with Crippen LogP contribution in [0.25, 0.3) is 0 Å². The molecule has 0 radical (unpaired) electrons. The van der Waals surface area contributed by atoms with E-state index >= 15 is 0 Å². The zero-order valence-corrected chi connectivity index (χ0v) is 13.1. The number of nitrogens with one attached hydrogen (secondary N) is 1. The summed E-state index contributed by atoms with van der Waals surface area (Å²) in [4.78, 5) is 1.58. The first-order valence-corrected chi connectivity index (χ1v) is 7.74. The van der Waals surface area contributed by atoms with Crippen LogP contribution in [0.15, 0.2) is 0 Å². The van der Waals surface area contributed by atoms with E-state index in [0.29, 0.717) is 24.4 Å². The van der Waals surface area contributed by atoms with Gasteiger partial charge in [0, 0.05) is 18.6 Å². The van der Waals surface area contributed by atoms with Gasteiger partial charge in [-0.2, -0.15) is 13.2 Å². The van der Waals surface area contributed by atoms with Gasteiger partial charge in [-0.05, 0) is 52.0 Å². The maximum Gasteiger partial charge on any atom is 0.401 e. The third kappa shape index (κ3) is 5.60. The van der Waals surface area contributed by atoms with E-state index in [1.54, 1.807) is 4.90 Å². The molecular formula is C15H29F3N2. The molecule has 1 rings (SSSR count). The van der Waals surface area contributed by atoms with Gasteiger partial charge in [0.25, 0.3) is 0 Å². The fourth-order valence-corrected chi connectivity index (χ4v) is 3.30. The monoisotopic (exact) mass is 294 g/mol. The van der Waals surface area contributed by atoms with Crippen LogP contribution in [0.2, 0.25) is 0 Å². The highest BCUT2D eigenvalue weighted by molar-refractivity contribution is 4.86. The molecule has 3 atom stereocenters. The highest BCUT2D eigenvalue weighted by atomic mass is 19.4. The molecule has 1 aliphatic rings. The fraction of sp³-hybridized carbons (Fsp3) is 1.00. The van der Waals surface area contributed by atoms with Crippen LogP contribution in [-0.2, 0) is 0 Å². The summed E-state index contributed by atoms with van der Waals surface area (Å²) in [6.07, 6.45) is 0.340. The summed E-state index contributed by atoms with van der Waals surface area (Å²) < 4.78 is 38.1. The molecule has 120 valence electrons. The average Bonchev–Trinajstić information content (AvgIpc) is 2.36. The van der Waals surface area contributed by atoms with Gasteiger partial charge >= 0.3 is 6.18 Å². The first-order chi connectivity index (χ1) is 9.26. The van der Waals surface area contributed by atoms with Gasteiger partial charge in [-0.3, -0.25) is 4.90 Å². The van der Waals surface area contributed by atoms with Crippen molar-refractivity contribution < 1.29 is 13.2 Å². The van der Waals surface area contributed by atoms with Crippen molar-refractivity contribution in [1.29, 1.82) is 0 Å². The lowest BCUT2D eigenvalue weighted by molar-refractivity contribution is -0.151. The summed E-state index contributed by atoms with van der Waals surface area (Å²) in [6.45, 7) is 5.62. The van der Waals surface area contributed by atoms with Crippen molar-refractivity contribution in [2.45, 2.75) is 64.7 Å². The molecule has 0 heterocycles. The Bertz CT molecular complexity index is 279. The molecule has 0 saturated heterocycles. The summed E-state index contributed by atoms with van der Waals surface area (Å²) in [5.41, 5.74) is 0. The third-order valence-corrected chi connectivity index (χ3v) is 4.62. The van der Waals surface area contributed by atoms with Crippen molar-refractivity contribution in [3.05, 3.63) is 0 Å². The van der Waals surface area contributed by atoms with Crippen LogP contribution in [-0.4, -0.2) is 43.3 Å². The van der Waals surface area contributed by atoms with Gasteiger partial charge in [-0.25, -0.2) is 0 Å². The minimum absolute atomic E-state index is 0.0730. The Morgan fingerprint density at radius 1 is 1.25 bits per heavy atom. The van der Waals surface area contributed by atoms with Crippen molar-refractivity contribution >= 4 is 0 Å². The quantitative estimate of drug-likeness (QED) is 0.804. The van der Waals surface area contributed by atoms with Crippen LogP contribution in [0.1, 0.15) is 46.5 Å². The largest absolute Gasteiger partial charge is 0.401 e. The normalized spacial score (nSPS) is 28.4. The van der Waals surface area contributed by atoms with Crippen molar-refractivity contribution in [2.24, 2.45) is 11.8 Å². The summed E-state index contributed by atoms with van der Waals surface area (Å²) in [6, 6.07) is 0.281. The Morgan fingerprint density at radius 2 is 1.90 bits per heavy atom. The fourth-order valence-electron chi connectivity index (χ4n) is 3.30. The third-order valence-electron chi connectivity index (χ3n) is 4.62. The molecular weight excluding hydrogens is 265 g/mol. The van der Waals surface area contributed by atoms with Crippen LogP contribution in [0.5, 0.6) is 0 Å². The molecule has 0 spiro atoms. The molecule has 0 aromatic carbocycles. The summed E-state index contributed by atoms with van der Waals surface area (Å²) >= 11 is 0. The minimum Gasteiger partial charge on any atom is -0.317 e. The van der Waals surface area contributed by atoms with Gasteiger partial charge in [-0.15, -0.1) is 0 Å². The van der Waals surface area contributed by atoms with Gasteiger partial charge in [0.15, 0.2) is 0 Å². The first kappa shape index (κ1) is 17.8. The predicted molar refractivity (Wildman–Crippen MR) is 76.7 cm³/mol. The molecule has 0 bridgehead atoms. The molecule has 0 aromatic rings. The number of nitrogens with zero attached hydrogens (tertiary/aromatic N) is 1. The van der Waals surface area contributed by atoms with E-state index < -0.39 is 12.7 Å². The van der Waals surface area contributed by atoms with E-state index in [2.05, 4.69) is 12.2 Å². The Hall–Kier alpha value is -0.290.